The largest absolute Gasteiger partial charge is 0.334 e. The van der Waals surface area contributed by atoms with Gasteiger partial charge in [0.05, 0.1) is 6.20 Å². The van der Waals surface area contributed by atoms with Crippen LogP contribution in [-0.2, 0) is 13.1 Å². The summed E-state index contributed by atoms with van der Waals surface area (Å²) in [7, 11) is 0. The lowest BCUT2D eigenvalue weighted by Gasteiger charge is -1.96. The molecular weight excluding hydrogens is 256 g/mol. The molecule has 0 spiro atoms. The minimum Gasteiger partial charge on any atom is -0.334 e. The minimum absolute atomic E-state index is 0.383. The van der Waals surface area contributed by atoms with Gasteiger partial charge < -0.3 is 9.84 Å². The Kier molecular flexibility index (Phi) is 3.40. The first-order valence-corrected chi connectivity index (χ1v) is 6.34. The Morgan fingerprint density at radius 1 is 1.35 bits per heavy atom. The molecule has 7 heteroatoms. The molecule has 0 saturated heterocycles. The van der Waals surface area contributed by atoms with Gasteiger partial charge >= 0.3 is 6.01 Å². The summed E-state index contributed by atoms with van der Waals surface area (Å²) in [6.45, 7) is 3.49. The predicted octanol–water partition coefficient (Wildman–Crippen LogP) is 1.96. The molecule has 7 nitrogen and oxygen atoms in total. The quantitative estimate of drug-likeness (QED) is 0.763. The van der Waals surface area contributed by atoms with Crippen molar-refractivity contribution < 1.29 is 4.52 Å². The summed E-state index contributed by atoms with van der Waals surface area (Å²) in [5.74, 6) is 0.518. The van der Waals surface area contributed by atoms with Crippen molar-refractivity contribution in [3.05, 3.63) is 42.5 Å². The lowest BCUT2D eigenvalue weighted by molar-refractivity contribution is 0.432. The van der Waals surface area contributed by atoms with E-state index in [0.717, 1.165) is 17.7 Å². The molecule has 1 N–H and O–H groups in total. The zero-order valence-electron chi connectivity index (χ0n) is 11.0. The van der Waals surface area contributed by atoms with E-state index < -0.39 is 0 Å². The number of pyridine rings is 1. The highest BCUT2D eigenvalue weighted by Crippen LogP contribution is 2.16. The number of hydrogen-bond acceptors (Lipinski definition) is 6. The molecule has 102 valence electrons. The van der Waals surface area contributed by atoms with Crippen LogP contribution in [0.2, 0.25) is 0 Å². The van der Waals surface area contributed by atoms with Gasteiger partial charge in [-0.15, -0.1) is 0 Å². The summed E-state index contributed by atoms with van der Waals surface area (Å²) < 4.78 is 7.01. The van der Waals surface area contributed by atoms with Gasteiger partial charge in [-0.2, -0.15) is 10.1 Å². The molecule has 20 heavy (non-hydrogen) atoms. The van der Waals surface area contributed by atoms with Gasteiger partial charge in [0.15, 0.2) is 0 Å². The first-order chi connectivity index (χ1) is 9.85. The number of hydrogen-bond donors (Lipinski definition) is 1. The number of rotatable bonds is 5. The average Bonchev–Trinajstić information content (AvgIpc) is 3.15. The molecule has 0 aliphatic heterocycles. The van der Waals surface area contributed by atoms with E-state index in [9.17, 15) is 0 Å². The average molecular weight is 270 g/mol. The van der Waals surface area contributed by atoms with Crippen LogP contribution < -0.4 is 5.32 Å². The van der Waals surface area contributed by atoms with E-state index in [0.29, 0.717) is 18.4 Å². The van der Waals surface area contributed by atoms with Crippen LogP contribution in [0.15, 0.2) is 41.4 Å². The molecule has 3 heterocycles. The second-order valence-electron chi connectivity index (χ2n) is 4.22. The second kappa shape index (κ2) is 5.52. The van der Waals surface area contributed by atoms with Crippen molar-refractivity contribution in [2.24, 2.45) is 0 Å². The molecule has 0 atom stereocenters. The summed E-state index contributed by atoms with van der Waals surface area (Å²) in [5, 5.41) is 11.2. The van der Waals surface area contributed by atoms with Crippen molar-refractivity contribution in [1.82, 2.24) is 24.9 Å². The molecule has 0 saturated carbocycles. The molecule has 0 radical (unpaired) electrons. The van der Waals surface area contributed by atoms with E-state index in [4.69, 9.17) is 4.52 Å². The highest BCUT2D eigenvalue weighted by molar-refractivity contribution is 5.53. The fraction of sp³-hybridized carbons (Fsp3) is 0.231. The summed E-state index contributed by atoms with van der Waals surface area (Å²) in [6.07, 6.45) is 7.19. The van der Waals surface area contributed by atoms with Crippen molar-refractivity contribution in [3.8, 4) is 11.4 Å². The van der Waals surface area contributed by atoms with Crippen LogP contribution in [0.3, 0.4) is 0 Å². The summed E-state index contributed by atoms with van der Waals surface area (Å²) in [5.41, 5.74) is 1.89. The van der Waals surface area contributed by atoms with Crippen LogP contribution in [0.1, 0.15) is 12.5 Å². The number of anilines is 1. The Balaban J connectivity index is 1.65. The number of nitrogens with one attached hydrogen (secondary N) is 1. The third-order valence-electron chi connectivity index (χ3n) is 2.80. The topological polar surface area (TPSA) is 81.7 Å². The molecular formula is C13H14N6O. The lowest BCUT2D eigenvalue weighted by Crippen LogP contribution is -1.99. The maximum atomic E-state index is 5.15. The molecule has 3 rings (SSSR count). The smallest absolute Gasteiger partial charge is 0.322 e. The SMILES string of the molecule is CCn1cc(CNc2nc(-c3cccnc3)no2)cn1. The van der Waals surface area contributed by atoms with Crippen LogP contribution in [-0.4, -0.2) is 24.9 Å². The number of aryl methyl sites for hydroxylation is 1. The van der Waals surface area contributed by atoms with Crippen molar-refractivity contribution in [2.45, 2.75) is 20.0 Å². The number of nitrogens with zero attached hydrogens (tertiary/aromatic N) is 5. The van der Waals surface area contributed by atoms with Gasteiger partial charge in [0.25, 0.3) is 0 Å². The molecule has 0 aromatic carbocycles. The van der Waals surface area contributed by atoms with Crippen molar-refractivity contribution in [2.75, 3.05) is 5.32 Å². The van der Waals surface area contributed by atoms with E-state index in [1.807, 2.05) is 36.1 Å². The maximum Gasteiger partial charge on any atom is 0.322 e. The van der Waals surface area contributed by atoms with Gasteiger partial charge in [-0.1, -0.05) is 5.16 Å². The minimum atomic E-state index is 0.383. The molecule has 0 aliphatic carbocycles. The van der Waals surface area contributed by atoms with Crippen molar-refractivity contribution >= 4 is 6.01 Å². The third-order valence-corrected chi connectivity index (χ3v) is 2.80. The molecule has 0 aliphatic rings. The normalized spacial score (nSPS) is 10.7. The maximum absolute atomic E-state index is 5.15. The molecule has 0 amide bonds. The molecule has 0 bridgehead atoms. The van der Waals surface area contributed by atoms with Gasteiger partial charge in [-0.3, -0.25) is 9.67 Å². The summed E-state index contributed by atoms with van der Waals surface area (Å²) >= 11 is 0. The Hall–Kier alpha value is -2.70. The van der Waals surface area contributed by atoms with E-state index in [-0.39, 0.29) is 0 Å². The zero-order valence-corrected chi connectivity index (χ0v) is 11.0. The first kappa shape index (κ1) is 12.3. The van der Waals surface area contributed by atoms with Crippen LogP contribution in [0.5, 0.6) is 0 Å². The Bertz CT molecular complexity index is 675. The standard InChI is InChI=1S/C13H14N6O/c1-2-19-9-10(7-16-19)6-15-13-17-12(18-20-13)11-4-3-5-14-8-11/h3-5,7-9H,2,6H2,1H3,(H,15,17,18). The fourth-order valence-electron chi connectivity index (χ4n) is 1.76. The molecule has 0 fully saturated rings. The van der Waals surface area contributed by atoms with Gasteiger partial charge in [-0.25, -0.2) is 0 Å². The fourth-order valence-corrected chi connectivity index (χ4v) is 1.76. The highest BCUT2D eigenvalue weighted by Gasteiger charge is 2.08. The van der Waals surface area contributed by atoms with Gasteiger partial charge in [0.1, 0.15) is 0 Å². The summed E-state index contributed by atoms with van der Waals surface area (Å²) in [6, 6.07) is 4.10. The molecule has 3 aromatic rings. The molecule has 0 unspecified atom stereocenters. The lowest BCUT2D eigenvalue weighted by atomic mass is 10.3. The van der Waals surface area contributed by atoms with E-state index in [1.54, 1.807) is 12.4 Å². The predicted molar refractivity (Wildman–Crippen MR) is 72.8 cm³/mol. The highest BCUT2D eigenvalue weighted by atomic mass is 16.5. The van der Waals surface area contributed by atoms with Gasteiger partial charge in [0, 0.05) is 42.8 Å². The van der Waals surface area contributed by atoms with Crippen molar-refractivity contribution in [1.29, 1.82) is 0 Å². The van der Waals surface area contributed by atoms with E-state index in [1.165, 1.54) is 0 Å². The van der Waals surface area contributed by atoms with E-state index in [2.05, 4.69) is 25.5 Å². The van der Waals surface area contributed by atoms with Crippen LogP contribution in [0, 0.1) is 0 Å². The van der Waals surface area contributed by atoms with Gasteiger partial charge in [-0.05, 0) is 19.1 Å². The van der Waals surface area contributed by atoms with E-state index >= 15 is 0 Å². The third kappa shape index (κ3) is 2.66. The van der Waals surface area contributed by atoms with Crippen LogP contribution in [0.25, 0.3) is 11.4 Å². The Labute approximate surface area is 115 Å². The summed E-state index contributed by atoms with van der Waals surface area (Å²) in [4.78, 5) is 8.29. The van der Waals surface area contributed by atoms with Crippen molar-refractivity contribution in [3.63, 3.8) is 0 Å². The van der Waals surface area contributed by atoms with Crippen LogP contribution in [0.4, 0.5) is 6.01 Å². The van der Waals surface area contributed by atoms with Crippen LogP contribution >= 0.6 is 0 Å². The monoisotopic (exact) mass is 270 g/mol. The Morgan fingerprint density at radius 3 is 3.05 bits per heavy atom. The molecule has 3 aromatic heterocycles. The number of aromatic nitrogens is 5. The Morgan fingerprint density at radius 2 is 2.30 bits per heavy atom. The second-order valence-corrected chi connectivity index (χ2v) is 4.22. The van der Waals surface area contributed by atoms with Gasteiger partial charge in [0.2, 0.25) is 5.82 Å². The zero-order chi connectivity index (χ0) is 13.8. The first-order valence-electron chi connectivity index (χ1n) is 6.34.